The molecular formula is C10H24N2O. The summed E-state index contributed by atoms with van der Waals surface area (Å²) in [4.78, 5) is 2.28. The predicted octanol–water partition coefficient (Wildman–Crippen LogP) is 0.813. The van der Waals surface area contributed by atoms with Gasteiger partial charge in [0.15, 0.2) is 0 Å². The highest BCUT2D eigenvalue weighted by Gasteiger charge is 2.24. The lowest BCUT2D eigenvalue weighted by Crippen LogP contribution is -2.51. The Morgan fingerprint density at radius 2 is 1.46 bits per heavy atom. The fourth-order valence-corrected chi connectivity index (χ4v) is 1.93. The summed E-state index contributed by atoms with van der Waals surface area (Å²) in [6, 6.07) is 1.01. The van der Waals surface area contributed by atoms with Gasteiger partial charge in [-0.15, -0.1) is 0 Å². The minimum absolute atomic E-state index is 0.130. The van der Waals surface area contributed by atoms with E-state index in [1.165, 1.54) is 0 Å². The summed E-state index contributed by atoms with van der Waals surface area (Å²) in [6.07, 6.45) is -0.426. The largest absolute Gasteiger partial charge is 0.390 e. The van der Waals surface area contributed by atoms with Crippen LogP contribution in [-0.2, 0) is 0 Å². The fourth-order valence-electron chi connectivity index (χ4n) is 1.93. The highest BCUT2D eigenvalue weighted by molar-refractivity contribution is 4.80. The smallest absolute Gasteiger partial charge is 0.0814 e. The van der Waals surface area contributed by atoms with Gasteiger partial charge in [0.1, 0.15) is 0 Å². The summed E-state index contributed by atoms with van der Waals surface area (Å²) in [5.41, 5.74) is 5.43. The van der Waals surface area contributed by atoms with E-state index < -0.39 is 6.10 Å². The molecule has 2 atom stereocenters. The molecule has 0 spiro atoms. The lowest BCUT2D eigenvalue weighted by molar-refractivity contribution is 0.0265. The van der Waals surface area contributed by atoms with Gasteiger partial charge in [-0.25, -0.2) is 0 Å². The van der Waals surface area contributed by atoms with Crippen molar-refractivity contribution < 1.29 is 5.11 Å². The molecule has 0 aromatic carbocycles. The molecule has 0 saturated heterocycles. The second-order valence-corrected chi connectivity index (χ2v) is 4.18. The van der Waals surface area contributed by atoms with Crippen LogP contribution in [0, 0.1) is 0 Å². The number of aliphatic hydroxyl groups excluding tert-OH is 1. The van der Waals surface area contributed by atoms with Gasteiger partial charge in [-0.2, -0.15) is 0 Å². The minimum atomic E-state index is -0.426. The molecule has 0 aliphatic heterocycles. The first kappa shape index (κ1) is 12.9. The average Bonchev–Trinajstić information content (AvgIpc) is 2.01. The summed E-state index contributed by atoms with van der Waals surface area (Å²) in [7, 11) is 0. The van der Waals surface area contributed by atoms with E-state index in [2.05, 4.69) is 32.6 Å². The van der Waals surface area contributed by atoms with E-state index >= 15 is 0 Å². The monoisotopic (exact) mass is 188 g/mol. The molecule has 13 heavy (non-hydrogen) atoms. The Balaban J connectivity index is 4.36. The Labute approximate surface area is 81.9 Å². The second-order valence-electron chi connectivity index (χ2n) is 4.18. The zero-order chi connectivity index (χ0) is 10.6. The van der Waals surface area contributed by atoms with Gasteiger partial charge < -0.3 is 10.8 Å². The molecule has 3 nitrogen and oxygen atoms in total. The number of hydrogen-bond acceptors (Lipinski definition) is 3. The first-order chi connectivity index (χ1) is 5.91. The molecule has 0 aliphatic rings. The second kappa shape index (κ2) is 5.58. The number of rotatable bonds is 5. The van der Waals surface area contributed by atoms with Crippen molar-refractivity contribution in [2.45, 2.75) is 58.8 Å². The van der Waals surface area contributed by atoms with Crippen molar-refractivity contribution in [2.75, 3.05) is 6.54 Å². The highest BCUT2D eigenvalue weighted by Crippen LogP contribution is 2.12. The standard InChI is InChI=1S/C10H24N2O/c1-7(2)12(8(3)4)9(5)10(13)6-11/h7-10,13H,6,11H2,1-5H3. The van der Waals surface area contributed by atoms with E-state index in [1.807, 2.05) is 6.92 Å². The van der Waals surface area contributed by atoms with Crippen LogP contribution in [0.5, 0.6) is 0 Å². The van der Waals surface area contributed by atoms with Crippen molar-refractivity contribution in [2.24, 2.45) is 5.73 Å². The molecular weight excluding hydrogens is 164 g/mol. The van der Waals surface area contributed by atoms with Crippen LogP contribution in [0.2, 0.25) is 0 Å². The van der Waals surface area contributed by atoms with E-state index in [-0.39, 0.29) is 6.04 Å². The van der Waals surface area contributed by atoms with E-state index in [0.717, 1.165) is 0 Å². The molecule has 0 amide bonds. The third-order valence-corrected chi connectivity index (χ3v) is 2.46. The van der Waals surface area contributed by atoms with Crippen LogP contribution in [0.1, 0.15) is 34.6 Å². The maximum absolute atomic E-state index is 9.63. The van der Waals surface area contributed by atoms with Crippen LogP contribution >= 0.6 is 0 Å². The summed E-state index contributed by atoms with van der Waals surface area (Å²) in [6.45, 7) is 10.9. The summed E-state index contributed by atoms with van der Waals surface area (Å²) < 4.78 is 0. The molecule has 3 N–H and O–H groups in total. The predicted molar refractivity (Wildman–Crippen MR) is 56.6 cm³/mol. The van der Waals surface area contributed by atoms with Gasteiger partial charge in [0, 0.05) is 24.7 Å². The Hall–Kier alpha value is -0.120. The van der Waals surface area contributed by atoms with E-state index in [1.54, 1.807) is 0 Å². The Bertz CT molecular complexity index is 129. The molecule has 0 aliphatic carbocycles. The van der Waals surface area contributed by atoms with Crippen LogP contribution in [0.4, 0.5) is 0 Å². The lowest BCUT2D eigenvalue weighted by atomic mass is 10.1. The Morgan fingerprint density at radius 1 is 1.08 bits per heavy atom. The number of aliphatic hydroxyl groups is 1. The third-order valence-electron chi connectivity index (χ3n) is 2.46. The van der Waals surface area contributed by atoms with Gasteiger partial charge in [0.2, 0.25) is 0 Å². The molecule has 0 fully saturated rings. The average molecular weight is 188 g/mol. The Morgan fingerprint density at radius 3 is 1.69 bits per heavy atom. The van der Waals surface area contributed by atoms with Crippen molar-refractivity contribution in [3.05, 3.63) is 0 Å². The van der Waals surface area contributed by atoms with Gasteiger partial charge in [0.25, 0.3) is 0 Å². The minimum Gasteiger partial charge on any atom is -0.390 e. The fraction of sp³-hybridized carbons (Fsp3) is 1.00. The molecule has 0 rings (SSSR count). The molecule has 2 unspecified atom stereocenters. The van der Waals surface area contributed by atoms with E-state index in [4.69, 9.17) is 5.73 Å². The highest BCUT2D eigenvalue weighted by atomic mass is 16.3. The number of nitrogens with zero attached hydrogens (tertiary/aromatic N) is 1. The molecule has 0 bridgehead atoms. The van der Waals surface area contributed by atoms with Crippen molar-refractivity contribution >= 4 is 0 Å². The van der Waals surface area contributed by atoms with Crippen LogP contribution in [0.15, 0.2) is 0 Å². The first-order valence-corrected chi connectivity index (χ1v) is 5.07. The van der Waals surface area contributed by atoms with E-state index in [0.29, 0.717) is 18.6 Å². The molecule has 0 radical (unpaired) electrons. The van der Waals surface area contributed by atoms with Crippen molar-refractivity contribution in [1.29, 1.82) is 0 Å². The summed E-state index contributed by atoms with van der Waals surface area (Å²) in [5.74, 6) is 0. The SMILES string of the molecule is CC(C)N(C(C)C)C(C)C(O)CN. The van der Waals surface area contributed by atoms with Gasteiger partial charge in [-0.05, 0) is 34.6 Å². The quantitative estimate of drug-likeness (QED) is 0.671. The van der Waals surface area contributed by atoms with E-state index in [9.17, 15) is 5.11 Å². The topological polar surface area (TPSA) is 49.5 Å². The van der Waals surface area contributed by atoms with Crippen molar-refractivity contribution in [1.82, 2.24) is 4.90 Å². The molecule has 0 aromatic heterocycles. The maximum atomic E-state index is 9.63. The number of hydrogen-bond donors (Lipinski definition) is 2. The first-order valence-electron chi connectivity index (χ1n) is 5.07. The summed E-state index contributed by atoms with van der Waals surface area (Å²) >= 11 is 0. The van der Waals surface area contributed by atoms with Gasteiger partial charge in [0.05, 0.1) is 6.10 Å². The van der Waals surface area contributed by atoms with Crippen molar-refractivity contribution in [3.8, 4) is 0 Å². The lowest BCUT2D eigenvalue weighted by Gasteiger charge is -2.38. The van der Waals surface area contributed by atoms with Gasteiger partial charge in [-0.3, -0.25) is 4.90 Å². The van der Waals surface area contributed by atoms with Crippen LogP contribution in [-0.4, -0.2) is 40.8 Å². The zero-order valence-electron chi connectivity index (χ0n) is 9.49. The maximum Gasteiger partial charge on any atom is 0.0814 e. The molecule has 0 saturated carbocycles. The molecule has 80 valence electrons. The van der Waals surface area contributed by atoms with Crippen LogP contribution < -0.4 is 5.73 Å². The van der Waals surface area contributed by atoms with Gasteiger partial charge in [-0.1, -0.05) is 0 Å². The van der Waals surface area contributed by atoms with Gasteiger partial charge >= 0.3 is 0 Å². The van der Waals surface area contributed by atoms with Crippen LogP contribution in [0.25, 0.3) is 0 Å². The van der Waals surface area contributed by atoms with Crippen molar-refractivity contribution in [3.63, 3.8) is 0 Å². The normalized spacial score (nSPS) is 17.1. The van der Waals surface area contributed by atoms with Crippen LogP contribution in [0.3, 0.4) is 0 Å². The molecule has 0 heterocycles. The molecule has 3 heteroatoms. The zero-order valence-corrected chi connectivity index (χ0v) is 9.49. The Kier molecular flexibility index (Phi) is 5.53. The number of nitrogens with two attached hydrogens (primary N) is 1. The third kappa shape index (κ3) is 3.63. The molecule has 0 aromatic rings. The summed E-state index contributed by atoms with van der Waals surface area (Å²) in [5, 5.41) is 9.63.